The van der Waals surface area contributed by atoms with Crippen LogP contribution in [0, 0.1) is 0 Å². The normalized spacial score (nSPS) is 31.7. The highest BCUT2D eigenvalue weighted by atomic mass is 16.4. The van der Waals surface area contributed by atoms with E-state index < -0.39 is 12.0 Å². The zero-order valence-electron chi connectivity index (χ0n) is 12.5. The molecule has 1 amide bonds. The van der Waals surface area contributed by atoms with Crippen LogP contribution in [0.25, 0.3) is 0 Å². The number of rotatable bonds is 3. The average molecular weight is 295 g/mol. The van der Waals surface area contributed by atoms with Crippen LogP contribution >= 0.6 is 0 Å². The van der Waals surface area contributed by atoms with Gasteiger partial charge in [0.1, 0.15) is 6.04 Å². The predicted octanol–water partition coefficient (Wildman–Crippen LogP) is 0.278. The smallest absolute Gasteiger partial charge is 0.326 e. The Bertz CT molecular complexity index is 409. The first-order chi connectivity index (χ1) is 10.2. The first-order valence-corrected chi connectivity index (χ1v) is 8.18. The maximum atomic E-state index is 12.8. The minimum Gasteiger partial charge on any atom is -0.480 e. The summed E-state index contributed by atoms with van der Waals surface area (Å²) in [4.78, 5) is 28.1. The maximum absolute atomic E-state index is 12.8. The van der Waals surface area contributed by atoms with E-state index in [4.69, 9.17) is 0 Å². The molecule has 2 atom stereocenters. The molecule has 2 N–H and O–H groups in total. The molecule has 6 heteroatoms. The van der Waals surface area contributed by atoms with Crippen LogP contribution in [-0.4, -0.2) is 71.1 Å². The maximum Gasteiger partial charge on any atom is 0.326 e. The van der Waals surface area contributed by atoms with Crippen LogP contribution in [-0.2, 0) is 9.59 Å². The topological polar surface area (TPSA) is 72.9 Å². The van der Waals surface area contributed by atoms with Gasteiger partial charge in [-0.15, -0.1) is 0 Å². The van der Waals surface area contributed by atoms with Gasteiger partial charge in [-0.1, -0.05) is 0 Å². The molecule has 3 aliphatic rings. The quantitative estimate of drug-likeness (QED) is 0.782. The number of nitrogens with one attached hydrogen (secondary N) is 1. The van der Waals surface area contributed by atoms with Gasteiger partial charge in [0, 0.05) is 12.6 Å². The second kappa shape index (κ2) is 6.32. The number of carbonyl (C=O) groups is 2. The molecule has 0 bridgehead atoms. The zero-order valence-corrected chi connectivity index (χ0v) is 12.5. The highest BCUT2D eigenvalue weighted by Gasteiger charge is 2.42. The van der Waals surface area contributed by atoms with E-state index in [0.29, 0.717) is 19.0 Å². The van der Waals surface area contributed by atoms with Gasteiger partial charge < -0.3 is 15.3 Å². The van der Waals surface area contributed by atoms with Gasteiger partial charge in [0.15, 0.2) is 0 Å². The number of likely N-dealkylation sites (tertiary alicyclic amines) is 2. The van der Waals surface area contributed by atoms with Crippen molar-refractivity contribution < 1.29 is 14.7 Å². The van der Waals surface area contributed by atoms with Crippen molar-refractivity contribution in [3.05, 3.63) is 0 Å². The van der Waals surface area contributed by atoms with E-state index >= 15 is 0 Å². The lowest BCUT2D eigenvalue weighted by atomic mass is 10.0. The summed E-state index contributed by atoms with van der Waals surface area (Å²) in [6, 6.07) is -0.213. The summed E-state index contributed by atoms with van der Waals surface area (Å²) >= 11 is 0. The fourth-order valence-corrected chi connectivity index (χ4v) is 4.11. The van der Waals surface area contributed by atoms with E-state index in [0.717, 1.165) is 51.7 Å². The van der Waals surface area contributed by atoms with E-state index in [9.17, 15) is 14.7 Å². The lowest BCUT2D eigenvalue weighted by molar-refractivity contribution is -0.150. The van der Waals surface area contributed by atoms with Gasteiger partial charge in [-0.25, -0.2) is 4.79 Å². The third-order valence-electron chi connectivity index (χ3n) is 5.18. The van der Waals surface area contributed by atoms with E-state index in [1.165, 1.54) is 0 Å². The molecule has 3 heterocycles. The molecule has 0 spiro atoms. The van der Waals surface area contributed by atoms with Crippen LogP contribution < -0.4 is 5.32 Å². The molecule has 0 aromatic carbocycles. The minimum atomic E-state index is -0.854. The number of nitrogens with zero attached hydrogens (tertiary/aromatic N) is 2. The number of amides is 1. The van der Waals surface area contributed by atoms with Crippen LogP contribution in [0.15, 0.2) is 0 Å². The Balaban J connectivity index is 1.69. The summed E-state index contributed by atoms with van der Waals surface area (Å²) in [6.07, 6.45) is 5.51. The van der Waals surface area contributed by atoms with Crippen LogP contribution in [0.1, 0.15) is 38.5 Å². The van der Waals surface area contributed by atoms with Crippen LogP contribution in [0.2, 0.25) is 0 Å². The minimum absolute atomic E-state index is 0.0518. The lowest BCUT2D eigenvalue weighted by Crippen LogP contribution is -2.53. The molecule has 0 aromatic heterocycles. The van der Waals surface area contributed by atoms with Gasteiger partial charge >= 0.3 is 5.97 Å². The molecule has 3 saturated heterocycles. The second-order valence-corrected chi connectivity index (χ2v) is 6.40. The van der Waals surface area contributed by atoms with Crippen molar-refractivity contribution in [2.75, 3.05) is 26.2 Å². The van der Waals surface area contributed by atoms with Gasteiger partial charge in [0.2, 0.25) is 5.91 Å². The number of carboxylic acids is 1. The van der Waals surface area contributed by atoms with Crippen LogP contribution in [0.5, 0.6) is 0 Å². The number of carboxylic acid groups (broad SMARTS) is 1. The first kappa shape index (κ1) is 14.8. The van der Waals surface area contributed by atoms with Crippen molar-refractivity contribution in [2.24, 2.45) is 0 Å². The molecule has 0 aromatic rings. The van der Waals surface area contributed by atoms with Crippen molar-refractivity contribution in [2.45, 2.75) is 56.7 Å². The van der Waals surface area contributed by atoms with Crippen molar-refractivity contribution in [1.29, 1.82) is 0 Å². The van der Waals surface area contributed by atoms with E-state index in [-0.39, 0.29) is 11.9 Å². The number of aliphatic carboxylic acids is 1. The van der Waals surface area contributed by atoms with E-state index in [1.807, 2.05) is 0 Å². The Labute approximate surface area is 125 Å². The first-order valence-electron chi connectivity index (χ1n) is 8.18. The third-order valence-corrected chi connectivity index (χ3v) is 5.18. The molecule has 1 unspecified atom stereocenters. The SMILES string of the molecule is O=C(O)[C@H]1CCCN1C(=O)C1CCCN1C1CCNCC1. The number of hydrogen-bond acceptors (Lipinski definition) is 4. The fourth-order valence-electron chi connectivity index (χ4n) is 4.11. The molecule has 3 fully saturated rings. The molecule has 3 rings (SSSR count). The largest absolute Gasteiger partial charge is 0.480 e. The van der Waals surface area contributed by atoms with Gasteiger partial charge in [-0.2, -0.15) is 0 Å². The monoisotopic (exact) mass is 295 g/mol. The molecule has 3 aliphatic heterocycles. The Kier molecular flexibility index (Phi) is 4.45. The molecule has 118 valence electrons. The predicted molar refractivity (Wildman–Crippen MR) is 78.0 cm³/mol. The van der Waals surface area contributed by atoms with Gasteiger partial charge in [-0.3, -0.25) is 9.69 Å². The third kappa shape index (κ3) is 2.92. The Hall–Kier alpha value is -1.14. The Morgan fingerprint density at radius 1 is 0.952 bits per heavy atom. The van der Waals surface area contributed by atoms with Crippen molar-refractivity contribution in [1.82, 2.24) is 15.1 Å². The van der Waals surface area contributed by atoms with Gasteiger partial charge in [0.05, 0.1) is 6.04 Å². The summed E-state index contributed by atoms with van der Waals surface area (Å²) in [5, 5.41) is 12.6. The standard InChI is InChI=1S/C15H25N3O3/c19-14(18-10-2-4-13(18)15(20)21)12-3-1-9-17(12)11-5-7-16-8-6-11/h11-13,16H,1-10H2,(H,20,21)/t12?,13-/m1/s1. The van der Waals surface area contributed by atoms with Crippen LogP contribution in [0.3, 0.4) is 0 Å². The summed E-state index contributed by atoms with van der Waals surface area (Å²) in [5.41, 5.74) is 0. The zero-order chi connectivity index (χ0) is 14.8. The summed E-state index contributed by atoms with van der Waals surface area (Å²) in [5.74, 6) is -0.803. The fraction of sp³-hybridized carbons (Fsp3) is 0.867. The van der Waals surface area contributed by atoms with Crippen LogP contribution in [0.4, 0.5) is 0 Å². The number of hydrogen-bond donors (Lipinski definition) is 2. The highest BCUT2D eigenvalue weighted by Crippen LogP contribution is 2.28. The average Bonchev–Trinajstić information content (AvgIpc) is 3.16. The summed E-state index contributed by atoms with van der Waals surface area (Å²) in [7, 11) is 0. The summed E-state index contributed by atoms with van der Waals surface area (Å²) in [6.45, 7) is 3.62. The van der Waals surface area contributed by atoms with Crippen molar-refractivity contribution in [3.63, 3.8) is 0 Å². The Morgan fingerprint density at radius 2 is 1.62 bits per heavy atom. The molecule has 21 heavy (non-hydrogen) atoms. The molecular formula is C15H25N3O3. The van der Waals surface area contributed by atoms with E-state index in [2.05, 4.69) is 10.2 Å². The molecule has 6 nitrogen and oxygen atoms in total. The molecule has 0 aliphatic carbocycles. The van der Waals surface area contributed by atoms with Gasteiger partial charge in [0.25, 0.3) is 0 Å². The van der Waals surface area contributed by atoms with Gasteiger partial charge in [-0.05, 0) is 58.2 Å². The van der Waals surface area contributed by atoms with Crippen molar-refractivity contribution in [3.8, 4) is 0 Å². The Morgan fingerprint density at radius 3 is 2.33 bits per heavy atom. The van der Waals surface area contributed by atoms with E-state index in [1.54, 1.807) is 4.90 Å². The number of piperidine rings is 1. The lowest BCUT2D eigenvalue weighted by Gasteiger charge is -2.37. The van der Waals surface area contributed by atoms with Crippen molar-refractivity contribution >= 4 is 11.9 Å². The highest BCUT2D eigenvalue weighted by molar-refractivity contribution is 5.87. The second-order valence-electron chi connectivity index (χ2n) is 6.40. The molecule has 0 saturated carbocycles. The molecule has 0 radical (unpaired) electrons. The summed E-state index contributed by atoms with van der Waals surface area (Å²) < 4.78 is 0. The number of carbonyl (C=O) groups excluding carboxylic acids is 1. The molecular weight excluding hydrogens is 270 g/mol.